The van der Waals surface area contributed by atoms with Crippen LogP contribution in [-0.2, 0) is 4.74 Å². The zero-order valence-corrected chi connectivity index (χ0v) is 14.6. The number of esters is 1. The third kappa shape index (κ3) is 3.40. The highest BCUT2D eigenvalue weighted by Crippen LogP contribution is 2.36. The Bertz CT molecular complexity index is 739. The SMILES string of the molecule is CCOC(=O)c1c(C(C)C)nc(OC)c(C)c1-c1ccc(F)cc1. The van der Waals surface area contributed by atoms with Crippen molar-refractivity contribution in [3.8, 4) is 17.0 Å². The summed E-state index contributed by atoms with van der Waals surface area (Å²) in [5, 5.41) is 0. The van der Waals surface area contributed by atoms with E-state index in [-0.39, 0.29) is 18.3 Å². The molecule has 4 nitrogen and oxygen atoms in total. The molecule has 0 saturated heterocycles. The predicted molar refractivity (Wildman–Crippen MR) is 91.0 cm³/mol. The van der Waals surface area contributed by atoms with Gasteiger partial charge >= 0.3 is 5.97 Å². The van der Waals surface area contributed by atoms with Crippen LogP contribution in [0.3, 0.4) is 0 Å². The molecule has 0 atom stereocenters. The van der Waals surface area contributed by atoms with Crippen LogP contribution in [0.4, 0.5) is 4.39 Å². The number of nitrogens with zero attached hydrogens (tertiary/aromatic N) is 1. The van der Waals surface area contributed by atoms with Gasteiger partial charge in [0.2, 0.25) is 5.88 Å². The number of aromatic nitrogens is 1. The van der Waals surface area contributed by atoms with Crippen LogP contribution in [0.1, 0.15) is 48.3 Å². The highest BCUT2D eigenvalue weighted by atomic mass is 19.1. The molecule has 0 aliphatic heterocycles. The summed E-state index contributed by atoms with van der Waals surface area (Å²) in [7, 11) is 1.54. The summed E-state index contributed by atoms with van der Waals surface area (Å²) in [5.41, 5.74) is 3.13. The second kappa shape index (κ2) is 7.43. The second-order valence-corrected chi connectivity index (χ2v) is 5.76. The summed E-state index contributed by atoms with van der Waals surface area (Å²) in [5.74, 6) is -0.317. The molecule has 2 aromatic rings. The van der Waals surface area contributed by atoms with Crippen molar-refractivity contribution in [1.82, 2.24) is 4.98 Å². The Morgan fingerprint density at radius 1 is 1.25 bits per heavy atom. The fourth-order valence-electron chi connectivity index (χ4n) is 2.68. The number of hydrogen-bond acceptors (Lipinski definition) is 4. The molecule has 0 fully saturated rings. The Kier molecular flexibility index (Phi) is 5.54. The Labute approximate surface area is 141 Å². The Balaban J connectivity index is 2.84. The van der Waals surface area contributed by atoms with Crippen molar-refractivity contribution in [2.24, 2.45) is 0 Å². The lowest BCUT2D eigenvalue weighted by atomic mass is 9.91. The van der Waals surface area contributed by atoms with Gasteiger partial charge in [0.25, 0.3) is 0 Å². The predicted octanol–water partition coefficient (Wildman–Crippen LogP) is 4.50. The number of carbonyl (C=O) groups excluding carboxylic acids is 1. The van der Waals surface area contributed by atoms with Crippen molar-refractivity contribution >= 4 is 5.97 Å². The van der Waals surface area contributed by atoms with Crippen molar-refractivity contribution in [1.29, 1.82) is 0 Å². The first-order valence-corrected chi connectivity index (χ1v) is 7.92. The lowest BCUT2D eigenvalue weighted by Crippen LogP contribution is -2.15. The second-order valence-electron chi connectivity index (χ2n) is 5.76. The van der Waals surface area contributed by atoms with Gasteiger partial charge in [0, 0.05) is 11.1 Å². The smallest absolute Gasteiger partial charge is 0.340 e. The van der Waals surface area contributed by atoms with Gasteiger partial charge in [0.1, 0.15) is 5.82 Å². The molecule has 0 unspecified atom stereocenters. The van der Waals surface area contributed by atoms with Crippen molar-refractivity contribution in [2.75, 3.05) is 13.7 Å². The zero-order valence-electron chi connectivity index (χ0n) is 14.6. The zero-order chi connectivity index (χ0) is 17.9. The molecule has 1 heterocycles. The standard InChI is InChI=1S/C19H22FNO3/c1-6-24-19(22)16-15(13-7-9-14(20)10-8-13)12(4)18(23-5)21-17(16)11(2)3/h7-11H,6H2,1-5H3. The van der Waals surface area contributed by atoms with Crippen LogP contribution >= 0.6 is 0 Å². The highest BCUT2D eigenvalue weighted by molar-refractivity contribution is 6.00. The molecule has 0 amide bonds. The Hall–Kier alpha value is -2.43. The summed E-state index contributed by atoms with van der Waals surface area (Å²) in [4.78, 5) is 17.1. The third-order valence-electron chi connectivity index (χ3n) is 3.78. The summed E-state index contributed by atoms with van der Waals surface area (Å²) in [6.45, 7) is 7.76. The molecule has 0 spiro atoms. The first-order chi connectivity index (χ1) is 11.4. The van der Waals surface area contributed by atoms with Crippen LogP contribution in [0.2, 0.25) is 0 Å². The maximum Gasteiger partial charge on any atom is 0.340 e. The number of hydrogen-bond donors (Lipinski definition) is 0. The molecule has 0 aliphatic carbocycles. The van der Waals surface area contributed by atoms with Crippen molar-refractivity contribution in [2.45, 2.75) is 33.6 Å². The van der Waals surface area contributed by atoms with E-state index in [0.29, 0.717) is 22.7 Å². The Morgan fingerprint density at radius 3 is 2.38 bits per heavy atom. The summed E-state index contributed by atoms with van der Waals surface area (Å²) < 4.78 is 23.9. The molecule has 0 bridgehead atoms. The number of benzene rings is 1. The molecule has 5 heteroatoms. The monoisotopic (exact) mass is 331 g/mol. The number of carbonyl (C=O) groups is 1. The van der Waals surface area contributed by atoms with Crippen LogP contribution in [0, 0.1) is 12.7 Å². The lowest BCUT2D eigenvalue weighted by Gasteiger charge is -2.20. The molecule has 0 saturated carbocycles. The van der Waals surface area contributed by atoms with Gasteiger partial charge in [-0.05, 0) is 37.5 Å². The van der Waals surface area contributed by atoms with E-state index in [1.54, 1.807) is 19.1 Å². The maximum atomic E-state index is 13.3. The van der Waals surface area contributed by atoms with Gasteiger partial charge in [-0.3, -0.25) is 0 Å². The van der Waals surface area contributed by atoms with Gasteiger partial charge in [-0.25, -0.2) is 14.2 Å². The first kappa shape index (κ1) is 17.9. The van der Waals surface area contributed by atoms with Crippen molar-refractivity contribution in [3.05, 3.63) is 46.9 Å². The topological polar surface area (TPSA) is 48.4 Å². The van der Waals surface area contributed by atoms with E-state index >= 15 is 0 Å². The minimum atomic E-state index is -0.432. The fraction of sp³-hybridized carbons (Fsp3) is 0.368. The molecule has 24 heavy (non-hydrogen) atoms. The minimum Gasteiger partial charge on any atom is -0.481 e. The number of rotatable bonds is 5. The van der Waals surface area contributed by atoms with E-state index in [4.69, 9.17) is 9.47 Å². The molecule has 0 aliphatic rings. The quantitative estimate of drug-likeness (QED) is 0.757. The van der Waals surface area contributed by atoms with Crippen LogP contribution in [0.15, 0.2) is 24.3 Å². The van der Waals surface area contributed by atoms with E-state index in [1.165, 1.54) is 19.2 Å². The van der Waals surface area contributed by atoms with Gasteiger partial charge in [-0.15, -0.1) is 0 Å². The van der Waals surface area contributed by atoms with Crippen LogP contribution in [-0.4, -0.2) is 24.7 Å². The van der Waals surface area contributed by atoms with Crippen molar-refractivity contribution < 1.29 is 18.7 Å². The van der Waals surface area contributed by atoms with E-state index < -0.39 is 5.97 Å². The summed E-state index contributed by atoms with van der Waals surface area (Å²) in [6, 6.07) is 6.02. The fourth-order valence-corrected chi connectivity index (χ4v) is 2.68. The summed E-state index contributed by atoms with van der Waals surface area (Å²) in [6.07, 6.45) is 0. The normalized spacial score (nSPS) is 10.8. The maximum absolute atomic E-state index is 13.3. The van der Waals surface area contributed by atoms with Crippen LogP contribution < -0.4 is 4.74 Å². The number of methoxy groups -OCH3 is 1. The third-order valence-corrected chi connectivity index (χ3v) is 3.78. The van der Waals surface area contributed by atoms with Crippen LogP contribution in [0.25, 0.3) is 11.1 Å². The molecular formula is C19H22FNO3. The van der Waals surface area contributed by atoms with Gasteiger partial charge in [-0.1, -0.05) is 26.0 Å². The molecule has 128 valence electrons. The highest BCUT2D eigenvalue weighted by Gasteiger charge is 2.26. The van der Waals surface area contributed by atoms with E-state index in [1.807, 2.05) is 20.8 Å². The number of ether oxygens (including phenoxy) is 2. The minimum absolute atomic E-state index is 0.00176. The molecule has 0 N–H and O–H groups in total. The van der Waals surface area contributed by atoms with Gasteiger partial charge in [0.15, 0.2) is 0 Å². The first-order valence-electron chi connectivity index (χ1n) is 7.92. The molecule has 0 radical (unpaired) electrons. The molecular weight excluding hydrogens is 309 g/mol. The number of halogens is 1. The number of pyridine rings is 1. The molecule has 1 aromatic carbocycles. The molecule has 2 rings (SSSR count). The van der Waals surface area contributed by atoms with Gasteiger partial charge in [-0.2, -0.15) is 0 Å². The van der Waals surface area contributed by atoms with E-state index in [2.05, 4.69) is 4.98 Å². The molecule has 1 aromatic heterocycles. The van der Waals surface area contributed by atoms with Crippen LogP contribution in [0.5, 0.6) is 5.88 Å². The van der Waals surface area contributed by atoms with Gasteiger partial charge in [0.05, 0.1) is 25.0 Å². The van der Waals surface area contributed by atoms with E-state index in [0.717, 1.165) is 11.1 Å². The van der Waals surface area contributed by atoms with E-state index in [9.17, 15) is 9.18 Å². The largest absolute Gasteiger partial charge is 0.481 e. The summed E-state index contributed by atoms with van der Waals surface area (Å²) >= 11 is 0. The average molecular weight is 331 g/mol. The lowest BCUT2D eigenvalue weighted by molar-refractivity contribution is 0.0524. The average Bonchev–Trinajstić information content (AvgIpc) is 2.55. The Morgan fingerprint density at radius 2 is 1.88 bits per heavy atom. The van der Waals surface area contributed by atoms with Gasteiger partial charge < -0.3 is 9.47 Å². The van der Waals surface area contributed by atoms with Crippen molar-refractivity contribution in [3.63, 3.8) is 0 Å².